The Kier molecular flexibility index (Phi) is 3.80. The summed E-state index contributed by atoms with van der Waals surface area (Å²) in [5.41, 5.74) is 6.02. The molecule has 0 aromatic heterocycles. The number of hydrogen-bond donors (Lipinski definition) is 1. The fraction of sp³-hybridized carbons (Fsp3) is 0.818. The molecule has 1 nitrogen and oxygen atoms in total. The smallest absolute Gasteiger partial charge is 0.00646 e. The average Bonchev–Trinajstić information content (AvgIpc) is 2.06. The van der Waals surface area contributed by atoms with Crippen LogP contribution in [0.2, 0.25) is 0 Å². The number of hydrogen-bond acceptors (Lipinski definition) is 1. The second kappa shape index (κ2) is 4.66. The fourth-order valence-corrected chi connectivity index (χ4v) is 1.73. The van der Waals surface area contributed by atoms with Crippen LogP contribution in [-0.4, -0.2) is 6.04 Å². The Labute approximate surface area is 76.0 Å². The van der Waals surface area contributed by atoms with E-state index in [-0.39, 0.29) is 0 Å². The highest BCUT2D eigenvalue weighted by atomic mass is 14.6. The normalized spacial score (nSPS) is 26.2. The van der Waals surface area contributed by atoms with Crippen molar-refractivity contribution in [1.29, 1.82) is 0 Å². The van der Waals surface area contributed by atoms with Crippen LogP contribution < -0.4 is 5.73 Å². The van der Waals surface area contributed by atoms with Gasteiger partial charge in [0.25, 0.3) is 0 Å². The van der Waals surface area contributed by atoms with Gasteiger partial charge in [-0.15, -0.1) is 0 Å². The molecule has 1 aliphatic rings. The number of allylic oxidation sites excluding steroid dienone is 2. The third-order valence-corrected chi connectivity index (χ3v) is 2.84. The summed E-state index contributed by atoms with van der Waals surface area (Å²) in [5, 5.41) is 0. The van der Waals surface area contributed by atoms with Crippen molar-refractivity contribution in [3.8, 4) is 0 Å². The molecule has 0 saturated heterocycles. The minimum atomic E-state index is 0.404. The molecule has 0 bridgehead atoms. The molecule has 2 N–H and O–H groups in total. The lowest BCUT2D eigenvalue weighted by molar-refractivity contribution is 0.353. The lowest BCUT2D eigenvalue weighted by Gasteiger charge is -2.23. The average molecular weight is 167 g/mol. The summed E-state index contributed by atoms with van der Waals surface area (Å²) in [4.78, 5) is 0. The molecule has 70 valence electrons. The van der Waals surface area contributed by atoms with Crippen LogP contribution in [0.4, 0.5) is 0 Å². The zero-order valence-corrected chi connectivity index (χ0v) is 8.29. The number of nitrogens with two attached hydrogens (primary N) is 1. The fourth-order valence-electron chi connectivity index (χ4n) is 1.73. The van der Waals surface area contributed by atoms with E-state index in [1.165, 1.54) is 25.7 Å². The lowest BCUT2D eigenvalue weighted by Crippen LogP contribution is -2.29. The first-order chi connectivity index (χ1) is 5.70. The largest absolute Gasteiger partial charge is 0.327 e. The Hall–Kier alpha value is -0.300. The van der Waals surface area contributed by atoms with E-state index >= 15 is 0 Å². The van der Waals surface area contributed by atoms with E-state index in [4.69, 9.17) is 5.73 Å². The van der Waals surface area contributed by atoms with E-state index in [1.54, 1.807) is 0 Å². The Morgan fingerprint density at radius 1 is 1.42 bits per heavy atom. The summed E-state index contributed by atoms with van der Waals surface area (Å²) in [6.07, 6.45) is 9.66. The van der Waals surface area contributed by atoms with Gasteiger partial charge >= 0.3 is 0 Å². The van der Waals surface area contributed by atoms with E-state index < -0.39 is 0 Å². The highest BCUT2D eigenvalue weighted by Crippen LogP contribution is 2.23. The highest BCUT2D eigenvalue weighted by molar-refractivity contribution is 4.91. The van der Waals surface area contributed by atoms with E-state index in [1.807, 2.05) is 0 Å². The summed E-state index contributed by atoms with van der Waals surface area (Å²) in [6, 6.07) is 0.404. The molecule has 2 unspecified atom stereocenters. The van der Waals surface area contributed by atoms with E-state index in [2.05, 4.69) is 26.0 Å². The van der Waals surface area contributed by atoms with Crippen molar-refractivity contribution >= 4 is 0 Å². The van der Waals surface area contributed by atoms with Crippen LogP contribution in [0.5, 0.6) is 0 Å². The molecule has 0 saturated carbocycles. The third kappa shape index (κ3) is 2.98. The van der Waals surface area contributed by atoms with Gasteiger partial charge in [0, 0.05) is 6.04 Å². The molecular weight excluding hydrogens is 146 g/mol. The van der Waals surface area contributed by atoms with Crippen LogP contribution in [-0.2, 0) is 0 Å². The van der Waals surface area contributed by atoms with Crippen molar-refractivity contribution in [3.05, 3.63) is 12.2 Å². The third-order valence-electron chi connectivity index (χ3n) is 2.84. The standard InChI is InChI=1S/C11H21N/c1-9(2)11(12)8-10-6-4-3-5-7-10/h3-4,9-11H,5-8,12H2,1-2H3. The summed E-state index contributed by atoms with van der Waals surface area (Å²) in [5.74, 6) is 1.49. The minimum absolute atomic E-state index is 0.404. The topological polar surface area (TPSA) is 26.0 Å². The van der Waals surface area contributed by atoms with Crippen molar-refractivity contribution < 1.29 is 0 Å². The molecule has 0 spiro atoms. The molecule has 2 atom stereocenters. The van der Waals surface area contributed by atoms with Gasteiger partial charge in [-0.25, -0.2) is 0 Å². The molecule has 0 heterocycles. The highest BCUT2D eigenvalue weighted by Gasteiger charge is 2.15. The van der Waals surface area contributed by atoms with E-state index in [0.29, 0.717) is 12.0 Å². The molecule has 1 aliphatic carbocycles. The minimum Gasteiger partial charge on any atom is -0.327 e. The van der Waals surface area contributed by atoms with Gasteiger partial charge in [-0.3, -0.25) is 0 Å². The van der Waals surface area contributed by atoms with Crippen molar-refractivity contribution in [3.63, 3.8) is 0 Å². The Morgan fingerprint density at radius 3 is 2.67 bits per heavy atom. The van der Waals surface area contributed by atoms with Gasteiger partial charge in [0.05, 0.1) is 0 Å². The molecule has 0 amide bonds. The molecule has 0 aromatic carbocycles. The zero-order chi connectivity index (χ0) is 8.97. The maximum atomic E-state index is 6.02. The van der Waals surface area contributed by atoms with Gasteiger partial charge in [0.15, 0.2) is 0 Å². The molecule has 0 radical (unpaired) electrons. The molecule has 0 aromatic rings. The first-order valence-electron chi connectivity index (χ1n) is 5.10. The Bertz CT molecular complexity index is 149. The molecule has 1 rings (SSSR count). The van der Waals surface area contributed by atoms with Crippen LogP contribution in [0.1, 0.15) is 39.5 Å². The van der Waals surface area contributed by atoms with Crippen LogP contribution in [0.15, 0.2) is 12.2 Å². The maximum absolute atomic E-state index is 6.02. The quantitative estimate of drug-likeness (QED) is 0.643. The molecule has 12 heavy (non-hydrogen) atoms. The maximum Gasteiger partial charge on any atom is 0.00646 e. The lowest BCUT2D eigenvalue weighted by atomic mass is 9.86. The Morgan fingerprint density at radius 2 is 2.17 bits per heavy atom. The SMILES string of the molecule is CC(C)C(N)CC1CC=CCC1. The monoisotopic (exact) mass is 167 g/mol. The van der Waals surface area contributed by atoms with Gasteiger partial charge in [-0.05, 0) is 37.5 Å². The predicted molar refractivity (Wildman–Crippen MR) is 53.9 cm³/mol. The number of rotatable bonds is 3. The van der Waals surface area contributed by atoms with Crippen LogP contribution in [0.3, 0.4) is 0 Å². The van der Waals surface area contributed by atoms with Crippen LogP contribution in [0, 0.1) is 11.8 Å². The van der Waals surface area contributed by atoms with Crippen molar-refractivity contribution in [2.45, 2.75) is 45.6 Å². The van der Waals surface area contributed by atoms with E-state index in [9.17, 15) is 0 Å². The summed E-state index contributed by atoms with van der Waals surface area (Å²) < 4.78 is 0. The predicted octanol–water partition coefficient (Wildman–Crippen LogP) is 2.72. The summed E-state index contributed by atoms with van der Waals surface area (Å²) in [7, 11) is 0. The second-order valence-electron chi connectivity index (χ2n) is 4.29. The molecular formula is C11H21N. The van der Waals surface area contributed by atoms with Crippen molar-refractivity contribution in [2.24, 2.45) is 17.6 Å². The van der Waals surface area contributed by atoms with Gasteiger partial charge in [0.1, 0.15) is 0 Å². The summed E-state index contributed by atoms with van der Waals surface area (Å²) in [6.45, 7) is 4.42. The summed E-state index contributed by atoms with van der Waals surface area (Å²) >= 11 is 0. The van der Waals surface area contributed by atoms with Gasteiger partial charge in [-0.2, -0.15) is 0 Å². The second-order valence-corrected chi connectivity index (χ2v) is 4.29. The van der Waals surface area contributed by atoms with Crippen molar-refractivity contribution in [2.75, 3.05) is 0 Å². The van der Waals surface area contributed by atoms with Crippen LogP contribution in [0.25, 0.3) is 0 Å². The molecule has 1 heteroatoms. The van der Waals surface area contributed by atoms with Gasteiger partial charge in [0.2, 0.25) is 0 Å². The van der Waals surface area contributed by atoms with Crippen LogP contribution >= 0.6 is 0 Å². The van der Waals surface area contributed by atoms with Crippen molar-refractivity contribution in [1.82, 2.24) is 0 Å². The molecule has 0 fully saturated rings. The van der Waals surface area contributed by atoms with Gasteiger partial charge < -0.3 is 5.73 Å². The first-order valence-corrected chi connectivity index (χ1v) is 5.10. The van der Waals surface area contributed by atoms with Gasteiger partial charge in [-0.1, -0.05) is 26.0 Å². The molecule has 0 aliphatic heterocycles. The first kappa shape index (κ1) is 9.79. The Balaban J connectivity index is 2.25. The zero-order valence-electron chi connectivity index (χ0n) is 8.29. The van der Waals surface area contributed by atoms with E-state index in [0.717, 1.165) is 5.92 Å².